The molecule has 0 spiro atoms. The van der Waals surface area contributed by atoms with Crippen molar-refractivity contribution >= 4 is 33.2 Å². The number of nitrogens with zero attached hydrogens (tertiary/aromatic N) is 2. The lowest BCUT2D eigenvalue weighted by Crippen LogP contribution is -1.97. The Morgan fingerprint density at radius 1 is 1.50 bits per heavy atom. The van der Waals surface area contributed by atoms with Gasteiger partial charge in [-0.1, -0.05) is 12.2 Å². The first-order chi connectivity index (χ1) is 7.70. The van der Waals surface area contributed by atoms with Gasteiger partial charge in [-0.15, -0.1) is 11.3 Å². The highest BCUT2D eigenvalue weighted by Gasteiger charge is 2.10. The molecule has 0 atom stereocenters. The van der Waals surface area contributed by atoms with E-state index in [1.54, 1.807) is 11.3 Å². The van der Waals surface area contributed by atoms with Gasteiger partial charge in [-0.3, -0.25) is 0 Å². The normalized spacial score (nSPS) is 11.4. The maximum absolute atomic E-state index is 5.83. The predicted molar refractivity (Wildman–Crippen MR) is 67.5 cm³/mol. The van der Waals surface area contributed by atoms with E-state index in [1.165, 1.54) is 4.88 Å². The molecule has 0 bridgehead atoms. The fourth-order valence-electron chi connectivity index (χ4n) is 1.32. The molecular weight excluding hydrogens is 244 g/mol. The molecule has 16 heavy (non-hydrogen) atoms. The van der Waals surface area contributed by atoms with Gasteiger partial charge in [0.1, 0.15) is 11.4 Å². The van der Waals surface area contributed by atoms with Gasteiger partial charge in [0.15, 0.2) is 0 Å². The molecule has 0 unspecified atom stereocenters. The summed E-state index contributed by atoms with van der Waals surface area (Å²) in [7, 11) is 0. The monoisotopic (exact) mass is 254 g/mol. The third kappa shape index (κ3) is 2.33. The Kier molecular flexibility index (Phi) is 3.41. The van der Waals surface area contributed by atoms with Crippen molar-refractivity contribution < 1.29 is 4.74 Å². The van der Waals surface area contributed by atoms with Gasteiger partial charge in [0.05, 0.1) is 5.39 Å². The van der Waals surface area contributed by atoms with Gasteiger partial charge in [-0.05, 0) is 31.5 Å². The van der Waals surface area contributed by atoms with Gasteiger partial charge in [0.25, 0.3) is 0 Å². The zero-order valence-corrected chi connectivity index (χ0v) is 10.6. The molecule has 2 heterocycles. The summed E-state index contributed by atoms with van der Waals surface area (Å²) in [4.78, 5) is 10.3. The summed E-state index contributed by atoms with van der Waals surface area (Å²) in [6, 6.07) is 2.02. The lowest BCUT2D eigenvalue weighted by atomic mass is 10.3. The van der Waals surface area contributed by atoms with Gasteiger partial charge < -0.3 is 4.74 Å². The quantitative estimate of drug-likeness (QED) is 0.620. The molecule has 0 saturated carbocycles. The van der Waals surface area contributed by atoms with E-state index >= 15 is 0 Å². The summed E-state index contributed by atoms with van der Waals surface area (Å²) in [6.45, 7) is 4.46. The predicted octanol–water partition coefficient (Wildman–Crippen LogP) is 3.61. The molecule has 0 aliphatic heterocycles. The smallest absolute Gasteiger partial charge is 0.227 e. The van der Waals surface area contributed by atoms with Crippen LogP contribution in [0.25, 0.3) is 10.2 Å². The topological polar surface area (TPSA) is 35.0 Å². The maximum Gasteiger partial charge on any atom is 0.227 e. The summed E-state index contributed by atoms with van der Waals surface area (Å²) >= 11 is 7.42. The van der Waals surface area contributed by atoms with Crippen molar-refractivity contribution in [2.45, 2.75) is 13.8 Å². The van der Waals surface area contributed by atoms with E-state index in [1.807, 2.05) is 32.1 Å². The number of thiophene rings is 1. The number of aromatic nitrogens is 2. The van der Waals surface area contributed by atoms with Crippen LogP contribution in [0.4, 0.5) is 0 Å². The number of rotatable bonds is 3. The third-order valence-electron chi connectivity index (χ3n) is 2.01. The average molecular weight is 255 g/mol. The zero-order chi connectivity index (χ0) is 11.5. The van der Waals surface area contributed by atoms with Crippen LogP contribution in [0, 0.1) is 6.92 Å². The highest BCUT2D eigenvalue weighted by atomic mass is 35.5. The number of hydrogen-bond donors (Lipinski definition) is 0. The fourth-order valence-corrected chi connectivity index (χ4v) is 2.41. The molecule has 0 fully saturated rings. The van der Waals surface area contributed by atoms with Crippen molar-refractivity contribution in [3.8, 4) is 5.88 Å². The van der Waals surface area contributed by atoms with Crippen LogP contribution in [0.15, 0.2) is 18.2 Å². The molecule has 0 N–H and O–H groups in total. The first kappa shape index (κ1) is 11.4. The molecule has 2 rings (SSSR count). The first-order valence-electron chi connectivity index (χ1n) is 4.88. The second-order valence-corrected chi connectivity index (χ2v) is 4.83. The van der Waals surface area contributed by atoms with Crippen molar-refractivity contribution in [2.75, 3.05) is 6.61 Å². The van der Waals surface area contributed by atoms with Crippen LogP contribution in [0.1, 0.15) is 11.8 Å². The van der Waals surface area contributed by atoms with E-state index in [4.69, 9.17) is 16.3 Å². The summed E-state index contributed by atoms with van der Waals surface area (Å²) in [5.41, 5.74) is 0. The second-order valence-electron chi connectivity index (χ2n) is 3.25. The largest absolute Gasteiger partial charge is 0.473 e. The van der Waals surface area contributed by atoms with Crippen molar-refractivity contribution in [1.29, 1.82) is 0 Å². The minimum Gasteiger partial charge on any atom is -0.473 e. The van der Waals surface area contributed by atoms with Crippen LogP contribution in [-0.2, 0) is 0 Å². The highest BCUT2D eigenvalue weighted by molar-refractivity contribution is 7.18. The van der Waals surface area contributed by atoms with Crippen LogP contribution >= 0.6 is 22.9 Å². The molecule has 0 aliphatic carbocycles. The second kappa shape index (κ2) is 4.80. The Bertz CT molecular complexity index is 536. The number of fused-ring (bicyclic) bond motifs is 1. The SMILES string of the molecule is C/C=C/COc1nc(Cl)nc2sc(C)cc12. The lowest BCUT2D eigenvalue weighted by Gasteiger charge is -2.03. The molecule has 0 radical (unpaired) electrons. The highest BCUT2D eigenvalue weighted by Crippen LogP contribution is 2.30. The molecule has 0 amide bonds. The minimum atomic E-state index is 0.227. The van der Waals surface area contributed by atoms with E-state index in [9.17, 15) is 0 Å². The van der Waals surface area contributed by atoms with E-state index in [2.05, 4.69) is 9.97 Å². The summed E-state index contributed by atoms with van der Waals surface area (Å²) < 4.78 is 5.54. The average Bonchev–Trinajstić information content (AvgIpc) is 2.58. The number of aryl methyl sites for hydroxylation is 1. The molecule has 3 nitrogen and oxygen atoms in total. The summed E-state index contributed by atoms with van der Waals surface area (Å²) in [6.07, 6.45) is 3.85. The van der Waals surface area contributed by atoms with E-state index in [0.29, 0.717) is 12.5 Å². The summed E-state index contributed by atoms with van der Waals surface area (Å²) in [5.74, 6) is 0.553. The molecule has 0 saturated heterocycles. The molecule has 84 valence electrons. The standard InChI is InChI=1S/C11H11ClN2OS/c1-3-4-5-15-9-8-6-7(2)16-10(8)14-11(12)13-9/h3-4,6H,5H2,1-2H3/b4-3+. The number of allylic oxidation sites excluding steroid dienone is 1. The Labute approximate surface area is 103 Å². The van der Waals surface area contributed by atoms with Crippen LogP contribution in [0.2, 0.25) is 5.28 Å². The Hall–Kier alpha value is -1.13. The molecular formula is C11H11ClN2OS. The van der Waals surface area contributed by atoms with Crippen molar-refractivity contribution in [3.63, 3.8) is 0 Å². The van der Waals surface area contributed by atoms with Crippen molar-refractivity contribution in [1.82, 2.24) is 9.97 Å². The number of ether oxygens (including phenoxy) is 1. The third-order valence-corrected chi connectivity index (χ3v) is 3.12. The minimum absolute atomic E-state index is 0.227. The van der Waals surface area contributed by atoms with Crippen LogP contribution in [0.5, 0.6) is 5.88 Å². The molecule has 0 aliphatic rings. The Balaban J connectivity index is 2.41. The van der Waals surface area contributed by atoms with Crippen molar-refractivity contribution in [2.24, 2.45) is 0 Å². The van der Waals surface area contributed by atoms with E-state index < -0.39 is 0 Å². The molecule has 2 aromatic rings. The molecule has 2 aromatic heterocycles. The number of hydrogen-bond acceptors (Lipinski definition) is 4. The molecule has 0 aromatic carbocycles. The fraction of sp³-hybridized carbons (Fsp3) is 0.273. The maximum atomic E-state index is 5.83. The van der Waals surface area contributed by atoms with Crippen LogP contribution in [0.3, 0.4) is 0 Å². The first-order valence-corrected chi connectivity index (χ1v) is 6.08. The lowest BCUT2D eigenvalue weighted by molar-refractivity contribution is 0.352. The van der Waals surface area contributed by atoms with Gasteiger partial charge >= 0.3 is 0 Å². The molecule has 5 heteroatoms. The summed E-state index contributed by atoms with van der Waals surface area (Å²) in [5, 5.41) is 1.15. The Morgan fingerprint density at radius 2 is 2.31 bits per heavy atom. The van der Waals surface area contributed by atoms with Gasteiger partial charge in [-0.2, -0.15) is 4.98 Å². The van der Waals surface area contributed by atoms with Crippen LogP contribution in [-0.4, -0.2) is 16.6 Å². The van der Waals surface area contributed by atoms with Crippen molar-refractivity contribution in [3.05, 3.63) is 28.4 Å². The Morgan fingerprint density at radius 3 is 3.06 bits per heavy atom. The number of halogens is 1. The zero-order valence-electron chi connectivity index (χ0n) is 9.03. The van der Waals surface area contributed by atoms with Gasteiger partial charge in [-0.25, -0.2) is 4.98 Å². The van der Waals surface area contributed by atoms with Gasteiger partial charge in [0.2, 0.25) is 11.2 Å². The van der Waals surface area contributed by atoms with E-state index in [0.717, 1.165) is 10.2 Å². The van der Waals surface area contributed by atoms with Crippen LogP contribution < -0.4 is 4.74 Å². The van der Waals surface area contributed by atoms with Gasteiger partial charge in [0, 0.05) is 4.88 Å². The van der Waals surface area contributed by atoms with E-state index in [-0.39, 0.29) is 5.28 Å².